The summed E-state index contributed by atoms with van der Waals surface area (Å²) in [6.07, 6.45) is 0.0321. The van der Waals surface area contributed by atoms with Crippen LogP contribution in [0.5, 0.6) is 5.75 Å². The molecule has 20 heavy (non-hydrogen) atoms. The Balaban J connectivity index is 2.28. The molecule has 0 spiro atoms. The van der Waals surface area contributed by atoms with E-state index >= 15 is 0 Å². The lowest BCUT2D eigenvalue weighted by Gasteiger charge is -2.32. The summed E-state index contributed by atoms with van der Waals surface area (Å²) in [4.78, 5) is 0. The molecule has 1 N–H and O–H groups in total. The molecule has 0 radical (unpaired) electrons. The zero-order valence-corrected chi connectivity index (χ0v) is 12.6. The molecular formula is C16H25NO3. The number of likely N-dealkylation sites (N-methyl/N-ethyl adjacent to an activating group) is 1. The van der Waals surface area contributed by atoms with Gasteiger partial charge in [-0.05, 0) is 26.5 Å². The lowest BCUT2D eigenvalue weighted by molar-refractivity contribution is -0.102. The first-order valence-corrected chi connectivity index (χ1v) is 7.42. The van der Waals surface area contributed by atoms with E-state index in [2.05, 4.69) is 31.3 Å². The van der Waals surface area contributed by atoms with Crippen LogP contribution in [0, 0.1) is 6.92 Å². The SMILES string of the molecule is CCNC(c1cc(C)ccc1OCC)C1COCCO1. The maximum absolute atomic E-state index is 5.88. The molecule has 1 aliphatic rings. The molecule has 0 aliphatic carbocycles. The van der Waals surface area contributed by atoms with Gasteiger partial charge in [-0.25, -0.2) is 0 Å². The quantitative estimate of drug-likeness (QED) is 0.868. The zero-order valence-electron chi connectivity index (χ0n) is 12.6. The molecule has 2 unspecified atom stereocenters. The molecule has 1 aromatic rings. The highest BCUT2D eigenvalue weighted by Crippen LogP contribution is 2.30. The first-order valence-electron chi connectivity index (χ1n) is 7.42. The normalized spacial score (nSPS) is 20.6. The van der Waals surface area contributed by atoms with E-state index in [0.717, 1.165) is 17.9 Å². The molecule has 0 bridgehead atoms. The van der Waals surface area contributed by atoms with Crippen molar-refractivity contribution >= 4 is 0 Å². The predicted octanol–water partition coefficient (Wildman–Crippen LogP) is 2.46. The van der Waals surface area contributed by atoms with E-state index in [0.29, 0.717) is 26.4 Å². The molecule has 1 heterocycles. The Morgan fingerprint density at radius 1 is 1.35 bits per heavy atom. The van der Waals surface area contributed by atoms with Gasteiger partial charge in [-0.1, -0.05) is 24.6 Å². The summed E-state index contributed by atoms with van der Waals surface area (Å²) < 4.78 is 17.2. The molecular weight excluding hydrogens is 254 g/mol. The lowest BCUT2D eigenvalue weighted by Crippen LogP contribution is -2.40. The van der Waals surface area contributed by atoms with E-state index < -0.39 is 0 Å². The summed E-state index contributed by atoms with van der Waals surface area (Å²) >= 11 is 0. The van der Waals surface area contributed by atoms with Crippen molar-refractivity contribution in [2.75, 3.05) is 33.0 Å². The van der Waals surface area contributed by atoms with Crippen LogP contribution in [0.3, 0.4) is 0 Å². The molecule has 1 aromatic carbocycles. The van der Waals surface area contributed by atoms with Crippen LogP contribution in [0.2, 0.25) is 0 Å². The Bertz CT molecular complexity index is 416. The Kier molecular flexibility index (Phi) is 5.83. The zero-order chi connectivity index (χ0) is 14.4. The summed E-state index contributed by atoms with van der Waals surface area (Å²) in [5.41, 5.74) is 2.38. The minimum Gasteiger partial charge on any atom is -0.494 e. The maximum Gasteiger partial charge on any atom is 0.124 e. The van der Waals surface area contributed by atoms with Crippen molar-refractivity contribution < 1.29 is 14.2 Å². The van der Waals surface area contributed by atoms with Gasteiger partial charge in [0.2, 0.25) is 0 Å². The van der Waals surface area contributed by atoms with Crippen molar-refractivity contribution in [3.8, 4) is 5.75 Å². The standard InChI is InChI=1S/C16H25NO3/c1-4-17-16(15-11-18-8-9-20-15)13-10-12(3)6-7-14(13)19-5-2/h6-7,10,15-17H,4-5,8-9,11H2,1-3H3. The summed E-state index contributed by atoms with van der Waals surface area (Å²) in [6, 6.07) is 6.40. The Morgan fingerprint density at radius 3 is 2.85 bits per heavy atom. The van der Waals surface area contributed by atoms with E-state index in [1.807, 2.05) is 13.0 Å². The van der Waals surface area contributed by atoms with Crippen LogP contribution in [-0.4, -0.2) is 39.1 Å². The van der Waals surface area contributed by atoms with Crippen molar-refractivity contribution in [3.05, 3.63) is 29.3 Å². The van der Waals surface area contributed by atoms with Crippen LogP contribution in [0.15, 0.2) is 18.2 Å². The largest absolute Gasteiger partial charge is 0.494 e. The minimum atomic E-state index is 0.0321. The molecule has 2 atom stereocenters. The molecule has 1 aliphatic heterocycles. The van der Waals surface area contributed by atoms with Gasteiger partial charge >= 0.3 is 0 Å². The number of benzene rings is 1. The smallest absolute Gasteiger partial charge is 0.124 e. The highest BCUT2D eigenvalue weighted by atomic mass is 16.6. The molecule has 2 rings (SSSR count). The third-order valence-corrected chi connectivity index (χ3v) is 3.44. The van der Waals surface area contributed by atoms with E-state index in [4.69, 9.17) is 14.2 Å². The second kappa shape index (κ2) is 7.62. The van der Waals surface area contributed by atoms with Gasteiger partial charge in [0, 0.05) is 5.56 Å². The van der Waals surface area contributed by atoms with Gasteiger partial charge in [-0.15, -0.1) is 0 Å². The van der Waals surface area contributed by atoms with Crippen LogP contribution in [-0.2, 0) is 9.47 Å². The topological polar surface area (TPSA) is 39.7 Å². The Hall–Kier alpha value is -1.10. The van der Waals surface area contributed by atoms with Crippen LogP contribution in [0.4, 0.5) is 0 Å². The average Bonchev–Trinajstić information content (AvgIpc) is 2.48. The Morgan fingerprint density at radius 2 is 2.20 bits per heavy atom. The second-order valence-corrected chi connectivity index (χ2v) is 4.99. The summed E-state index contributed by atoms with van der Waals surface area (Å²) in [5, 5.41) is 3.51. The van der Waals surface area contributed by atoms with E-state index in [1.54, 1.807) is 0 Å². The van der Waals surface area contributed by atoms with Crippen molar-refractivity contribution in [1.29, 1.82) is 0 Å². The first-order chi connectivity index (χ1) is 9.76. The monoisotopic (exact) mass is 279 g/mol. The van der Waals surface area contributed by atoms with Crippen molar-refractivity contribution in [3.63, 3.8) is 0 Å². The predicted molar refractivity (Wildman–Crippen MR) is 79.3 cm³/mol. The van der Waals surface area contributed by atoms with Gasteiger partial charge in [0.1, 0.15) is 11.9 Å². The molecule has 0 aromatic heterocycles. The fourth-order valence-electron chi connectivity index (χ4n) is 2.56. The lowest BCUT2D eigenvalue weighted by atomic mass is 9.98. The van der Waals surface area contributed by atoms with Gasteiger partial charge < -0.3 is 19.5 Å². The molecule has 1 saturated heterocycles. The minimum absolute atomic E-state index is 0.0321. The van der Waals surface area contributed by atoms with Crippen molar-refractivity contribution in [2.45, 2.75) is 32.9 Å². The van der Waals surface area contributed by atoms with Gasteiger partial charge in [0.25, 0.3) is 0 Å². The van der Waals surface area contributed by atoms with Gasteiger partial charge in [0.05, 0.1) is 32.5 Å². The molecule has 1 fully saturated rings. The number of nitrogens with one attached hydrogen (secondary N) is 1. The van der Waals surface area contributed by atoms with Gasteiger partial charge in [0.15, 0.2) is 0 Å². The van der Waals surface area contributed by atoms with Crippen molar-refractivity contribution in [1.82, 2.24) is 5.32 Å². The van der Waals surface area contributed by atoms with E-state index in [9.17, 15) is 0 Å². The number of hydrogen-bond acceptors (Lipinski definition) is 4. The number of ether oxygens (including phenoxy) is 3. The number of rotatable bonds is 6. The van der Waals surface area contributed by atoms with Crippen LogP contribution < -0.4 is 10.1 Å². The molecule has 0 amide bonds. The van der Waals surface area contributed by atoms with E-state index in [1.165, 1.54) is 5.56 Å². The van der Waals surface area contributed by atoms with Crippen LogP contribution in [0.25, 0.3) is 0 Å². The third-order valence-electron chi connectivity index (χ3n) is 3.44. The van der Waals surface area contributed by atoms with Gasteiger partial charge in [-0.2, -0.15) is 0 Å². The second-order valence-electron chi connectivity index (χ2n) is 4.99. The van der Waals surface area contributed by atoms with E-state index in [-0.39, 0.29) is 12.1 Å². The fourth-order valence-corrected chi connectivity index (χ4v) is 2.56. The number of hydrogen-bond donors (Lipinski definition) is 1. The summed E-state index contributed by atoms with van der Waals surface area (Å²) in [5.74, 6) is 0.929. The summed E-state index contributed by atoms with van der Waals surface area (Å²) in [7, 11) is 0. The average molecular weight is 279 g/mol. The number of aryl methyl sites for hydroxylation is 1. The van der Waals surface area contributed by atoms with Crippen LogP contribution >= 0.6 is 0 Å². The molecule has 112 valence electrons. The maximum atomic E-state index is 5.88. The first kappa shape index (κ1) is 15.3. The Labute approximate surface area is 121 Å². The molecule has 4 nitrogen and oxygen atoms in total. The highest BCUT2D eigenvalue weighted by molar-refractivity contribution is 5.40. The highest BCUT2D eigenvalue weighted by Gasteiger charge is 2.28. The molecule has 0 saturated carbocycles. The fraction of sp³-hybridized carbons (Fsp3) is 0.625. The third kappa shape index (κ3) is 3.72. The molecule has 4 heteroatoms. The van der Waals surface area contributed by atoms with Crippen LogP contribution in [0.1, 0.15) is 31.0 Å². The van der Waals surface area contributed by atoms with Crippen molar-refractivity contribution in [2.24, 2.45) is 0 Å². The summed E-state index contributed by atoms with van der Waals surface area (Å²) in [6.45, 7) is 9.71. The van der Waals surface area contributed by atoms with Gasteiger partial charge in [-0.3, -0.25) is 0 Å².